The molecule has 3 rings (SSSR count). The topological polar surface area (TPSA) is 43.1 Å². The summed E-state index contributed by atoms with van der Waals surface area (Å²) in [5, 5.41) is 4.53. The lowest BCUT2D eigenvalue weighted by atomic mass is 10.2. The Hall–Kier alpha value is -2.01. The average molecular weight is 263 g/mol. The Kier molecular flexibility index (Phi) is 2.48. The van der Waals surface area contributed by atoms with Gasteiger partial charge in [0, 0.05) is 23.4 Å². The Balaban J connectivity index is 2.27. The zero-order valence-corrected chi connectivity index (χ0v) is 10.2. The third kappa shape index (κ3) is 1.73. The molecule has 6 heteroatoms. The first-order valence-electron chi connectivity index (χ1n) is 5.27. The Morgan fingerprint density at radius 2 is 2.06 bits per heavy atom. The van der Waals surface area contributed by atoms with Crippen LogP contribution in [0.5, 0.6) is 0 Å². The average Bonchev–Trinajstić information content (AvgIpc) is 2.72. The van der Waals surface area contributed by atoms with Crippen molar-refractivity contribution in [2.24, 2.45) is 0 Å². The summed E-state index contributed by atoms with van der Waals surface area (Å²) in [5.74, 6) is -0.407. The maximum atomic E-state index is 13.1. The summed E-state index contributed by atoms with van der Waals surface area (Å²) in [5.41, 5.74) is 2.72. The van der Waals surface area contributed by atoms with Crippen LogP contribution in [0, 0.1) is 12.7 Å². The third-order valence-electron chi connectivity index (χ3n) is 2.61. The molecular weight excluding hydrogens is 255 g/mol. The fourth-order valence-electron chi connectivity index (χ4n) is 1.74. The highest BCUT2D eigenvalue weighted by Gasteiger charge is 2.09. The quantitative estimate of drug-likeness (QED) is 0.634. The van der Waals surface area contributed by atoms with Gasteiger partial charge in [-0.1, -0.05) is 11.6 Å². The minimum absolute atomic E-state index is 0.407. The fraction of sp³-hybridized carbons (Fsp3) is 0.0833. The Labute approximate surface area is 107 Å². The Morgan fingerprint density at radius 3 is 2.83 bits per heavy atom. The minimum atomic E-state index is -0.407. The monoisotopic (exact) mass is 262 g/mol. The maximum absolute atomic E-state index is 13.1. The van der Waals surface area contributed by atoms with Crippen molar-refractivity contribution in [1.29, 1.82) is 0 Å². The number of hydrogen-bond donors (Lipinski definition) is 0. The van der Waals surface area contributed by atoms with E-state index in [9.17, 15) is 4.39 Å². The first-order chi connectivity index (χ1) is 8.65. The predicted octanol–water partition coefficient (Wildman–Crippen LogP) is 2.89. The van der Waals surface area contributed by atoms with Gasteiger partial charge in [-0.15, -0.1) is 0 Å². The summed E-state index contributed by atoms with van der Waals surface area (Å²) in [6, 6.07) is 3.01. The lowest BCUT2D eigenvalue weighted by molar-refractivity contribution is 0.622. The van der Waals surface area contributed by atoms with Crippen LogP contribution in [0.4, 0.5) is 4.39 Å². The van der Waals surface area contributed by atoms with E-state index in [1.807, 2.05) is 6.92 Å². The van der Waals surface area contributed by atoms with E-state index in [0.29, 0.717) is 22.1 Å². The molecule has 0 N–H and O–H groups in total. The smallest absolute Gasteiger partial charge is 0.160 e. The van der Waals surface area contributed by atoms with Crippen LogP contribution in [0.2, 0.25) is 5.15 Å². The van der Waals surface area contributed by atoms with Crippen molar-refractivity contribution < 1.29 is 4.39 Å². The van der Waals surface area contributed by atoms with Gasteiger partial charge in [-0.3, -0.25) is 4.98 Å². The van der Waals surface area contributed by atoms with Crippen LogP contribution < -0.4 is 0 Å². The highest BCUT2D eigenvalue weighted by Crippen LogP contribution is 2.23. The minimum Gasteiger partial charge on any atom is -0.261 e. The molecule has 90 valence electrons. The molecule has 3 heterocycles. The van der Waals surface area contributed by atoms with Crippen molar-refractivity contribution in [1.82, 2.24) is 19.6 Å². The normalized spacial score (nSPS) is 11.1. The Bertz CT molecular complexity index is 738. The van der Waals surface area contributed by atoms with Crippen LogP contribution in [-0.4, -0.2) is 19.6 Å². The summed E-state index contributed by atoms with van der Waals surface area (Å²) < 4.78 is 14.7. The van der Waals surface area contributed by atoms with Crippen molar-refractivity contribution in [3.05, 3.63) is 47.3 Å². The van der Waals surface area contributed by atoms with E-state index in [1.165, 1.54) is 10.6 Å². The van der Waals surface area contributed by atoms with Crippen LogP contribution in [-0.2, 0) is 0 Å². The van der Waals surface area contributed by atoms with Gasteiger partial charge in [0.05, 0.1) is 18.1 Å². The third-order valence-corrected chi connectivity index (χ3v) is 2.87. The van der Waals surface area contributed by atoms with Crippen molar-refractivity contribution in [3.8, 4) is 11.3 Å². The van der Waals surface area contributed by atoms with E-state index >= 15 is 0 Å². The predicted molar refractivity (Wildman–Crippen MR) is 65.9 cm³/mol. The number of rotatable bonds is 1. The second kappa shape index (κ2) is 4.03. The van der Waals surface area contributed by atoms with Crippen LogP contribution in [0.25, 0.3) is 16.9 Å². The summed E-state index contributed by atoms with van der Waals surface area (Å²) in [4.78, 5) is 8.22. The number of hydrogen-bond acceptors (Lipinski definition) is 3. The molecule has 0 radical (unpaired) electrons. The molecule has 0 fully saturated rings. The van der Waals surface area contributed by atoms with Gasteiger partial charge in [-0.05, 0) is 13.0 Å². The molecule has 3 aromatic rings. The molecular formula is C12H8ClFN4. The van der Waals surface area contributed by atoms with Gasteiger partial charge in [-0.25, -0.2) is 13.9 Å². The number of nitrogens with zero attached hydrogens (tertiary/aromatic N) is 4. The van der Waals surface area contributed by atoms with Gasteiger partial charge in [-0.2, -0.15) is 5.10 Å². The molecule has 0 aliphatic heterocycles. The number of halogens is 2. The second-order valence-corrected chi connectivity index (χ2v) is 4.31. The molecule has 0 aliphatic carbocycles. The van der Waals surface area contributed by atoms with Crippen molar-refractivity contribution in [3.63, 3.8) is 0 Å². The zero-order chi connectivity index (χ0) is 12.7. The zero-order valence-electron chi connectivity index (χ0n) is 9.43. The summed E-state index contributed by atoms with van der Waals surface area (Å²) in [6.45, 7) is 1.89. The van der Waals surface area contributed by atoms with Crippen molar-refractivity contribution in [2.75, 3.05) is 0 Å². The standard InChI is InChI=1S/C12H8ClFN4/c1-7-4-16-18-11(13)3-10(17-12(7)18)8-2-9(14)6-15-5-8/h2-6H,1H3. The van der Waals surface area contributed by atoms with Crippen LogP contribution in [0.3, 0.4) is 0 Å². The lowest BCUT2D eigenvalue weighted by Gasteiger charge is -2.03. The SMILES string of the molecule is Cc1cnn2c(Cl)cc(-c3cncc(F)c3)nc12. The summed E-state index contributed by atoms with van der Waals surface area (Å²) in [7, 11) is 0. The van der Waals surface area contributed by atoms with E-state index in [0.717, 1.165) is 11.8 Å². The molecule has 0 amide bonds. The molecule has 0 saturated heterocycles. The molecule has 0 atom stereocenters. The van der Waals surface area contributed by atoms with E-state index in [2.05, 4.69) is 15.1 Å². The number of fused-ring (bicyclic) bond motifs is 1. The van der Waals surface area contributed by atoms with E-state index in [4.69, 9.17) is 11.6 Å². The molecule has 0 saturated carbocycles. The van der Waals surface area contributed by atoms with Gasteiger partial charge in [0.2, 0.25) is 0 Å². The number of aromatic nitrogens is 4. The molecule has 0 aromatic carbocycles. The molecule has 18 heavy (non-hydrogen) atoms. The largest absolute Gasteiger partial charge is 0.261 e. The first kappa shape index (κ1) is 11.1. The number of aryl methyl sites for hydroxylation is 1. The van der Waals surface area contributed by atoms with E-state index in [-0.39, 0.29) is 0 Å². The maximum Gasteiger partial charge on any atom is 0.160 e. The summed E-state index contributed by atoms with van der Waals surface area (Å²) >= 11 is 6.11. The fourth-order valence-corrected chi connectivity index (χ4v) is 1.96. The highest BCUT2D eigenvalue weighted by atomic mass is 35.5. The molecule has 0 unspecified atom stereocenters. The van der Waals surface area contributed by atoms with Gasteiger partial charge in [0.25, 0.3) is 0 Å². The van der Waals surface area contributed by atoms with Gasteiger partial charge < -0.3 is 0 Å². The Morgan fingerprint density at radius 1 is 1.22 bits per heavy atom. The van der Waals surface area contributed by atoms with Crippen molar-refractivity contribution in [2.45, 2.75) is 6.92 Å². The van der Waals surface area contributed by atoms with Crippen LogP contribution in [0.15, 0.2) is 30.7 Å². The second-order valence-electron chi connectivity index (χ2n) is 3.92. The van der Waals surface area contributed by atoms with E-state index < -0.39 is 5.82 Å². The molecule has 0 bridgehead atoms. The lowest BCUT2D eigenvalue weighted by Crippen LogP contribution is -1.95. The molecule has 3 aromatic heterocycles. The van der Waals surface area contributed by atoms with Gasteiger partial charge in [0.1, 0.15) is 11.0 Å². The molecule has 0 aliphatic rings. The van der Waals surface area contributed by atoms with Crippen molar-refractivity contribution >= 4 is 17.2 Å². The highest BCUT2D eigenvalue weighted by molar-refractivity contribution is 6.30. The number of pyridine rings is 1. The molecule has 0 spiro atoms. The van der Waals surface area contributed by atoms with Crippen LogP contribution >= 0.6 is 11.6 Å². The van der Waals surface area contributed by atoms with E-state index in [1.54, 1.807) is 18.5 Å². The molecule has 4 nitrogen and oxygen atoms in total. The van der Waals surface area contributed by atoms with Gasteiger partial charge >= 0.3 is 0 Å². The van der Waals surface area contributed by atoms with Crippen LogP contribution in [0.1, 0.15) is 5.56 Å². The van der Waals surface area contributed by atoms with Gasteiger partial charge in [0.15, 0.2) is 5.65 Å². The summed E-state index contributed by atoms with van der Waals surface area (Å²) in [6.07, 6.45) is 4.37. The first-order valence-corrected chi connectivity index (χ1v) is 5.65.